The third-order valence-electron chi connectivity index (χ3n) is 2.26. The van der Waals surface area contributed by atoms with E-state index in [9.17, 15) is 0 Å². The van der Waals surface area contributed by atoms with Crippen LogP contribution in [0.4, 0.5) is 11.8 Å². The third kappa shape index (κ3) is 2.06. The molecule has 0 unspecified atom stereocenters. The van der Waals surface area contributed by atoms with Crippen LogP contribution in [0.2, 0.25) is 0 Å². The van der Waals surface area contributed by atoms with E-state index < -0.39 is 0 Å². The molecule has 0 aliphatic carbocycles. The van der Waals surface area contributed by atoms with E-state index in [1.54, 1.807) is 22.7 Å². The summed E-state index contributed by atoms with van der Waals surface area (Å²) >= 11 is 3.13. The van der Waals surface area contributed by atoms with Crippen molar-refractivity contribution in [3.8, 4) is 0 Å². The van der Waals surface area contributed by atoms with Gasteiger partial charge >= 0.3 is 0 Å². The van der Waals surface area contributed by atoms with Crippen LogP contribution in [0.15, 0.2) is 22.3 Å². The lowest BCUT2D eigenvalue weighted by molar-refractivity contribution is 1.05. The van der Waals surface area contributed by atoms with Gasteiger partial charge in [-0.1, -0.05) is 0 Å². The zero-order valence-corrected chi connectivity index (χ0v) is 10.4. The van der Waals surface area contributed by atoms with Gasteiger partial charge in [-0.3, -0.25) is 0 Å². The molecule has 0 atom stereocenters. The topological polar surface area (TPSA) is 76.7 Å². The molecule has 17 heavy (non-hydrogen) atoms. The minimum atomic E-state index is 0.292. The largest absolute Gasteiger partial charge is 0.368 e. The van der Waals surface area contributed by atoms with Crippen LogP contribution >= 0.6 is 22.7 Å². The number of nitrogens with zero attached hydrogens (tertiary/aromatic N) is 3. The summed E-state index contributed by atoms with van der Waals surface area (Å²) < 4.78 is 0. The molecule has 5 nitrogen and oxygen atoms in total. The standard InChI is InChI=1S/C10H9N5S2/c11-10-14-8(7-1-2-17-9(7)15-10)12-3-6-4-16-5-13-6/h1-2,4-5H,3H2,(H3,11,12,14,15). The van der Waals surface area contributed by atoms with Crippen molar-refractivity contribution in [2.24, 2.45) is 0 Å². The molecule has 3 heterocycles. The van der Waals surface area contributed by atoms with Gasteiger partial charge in [0.25, 0.3) is 0 Å². The minimum Gasteiger partial charge on any atom is -0.368 e. The number of thiophene rings is 1. The molecule has 0 aromatic carbocycles. The molecular weight excluding hydrogens is 254 g/mol. The van der Waals surface area contributed by atoms with Crippen molar-refractivity contribution >= 4 is 44.7 Å². The molecule has 0 radical (unpaired) electrons. The molecule has 3 rings (SSSR count). The van der Waals surface area contributed by atoms with E-state index in [4.69, 9.17) is 5.73 Å². The molecule has 0 aliphatic rings. The highest BCUT2D eigenvalue weighted by atomic mass is 32.1. The van der Waals surface area contributed by atoms with Crippen LogP contribution in [0.1, 0.15) is 5.69 Å². The number of nitrogen functional groups attached to an aromatic ring is 1. The van der Waals surface area contributed by atoms with E-state index in [2.05, 4.69) is 20.3 Å². The summed E-state index contributed by atoms with van der Waals surface area (Å²) in [6.07, 6.45) is 0. The molecule has 0 fully saturated rings. The van der Waals surface area contributed by atoms with Gasteiger partial charge in [-0.2, -0.15) is 4.98 Å². The molecule has 0 aliphatic heterocycles. The van der Waals surface area contributed by atoms with Crippen molar-refractivity contribution in [1.82, 2.24) is 15.0 Å². The van der Waals surface area contributed by atoms with Crippen molar-refractivity contribution in [2.75, 3.05) is 11.1 Å². The van der Waals surface area contributed by atoms with Gasteiger partial charge in [0.05, 0.1) is 23.1 Å². The lowest BCUT2D eigenvalue weighted by atomic mass is 10.3. The molecule has 0 saturated carbocycles. The predicted molar refractivity (Wildman–Crippen MR) is 71.3 cm³/mol. The van der Waals surface area contributed by atoms with E-state index in [-0.39, 0.29) is 0 Å². The van der Waals surface area contributed by atoms with Gasteiger partial charge in [-0.05, 0) is 11.4 Å². The van der Waals surface area contributed by atoms with Gasteiger partial charge in [0, 0.05) is 5.38 Å². The number of nitrogens with two attached hydrogens (primary N) is 1. The second-order valence-corrected chi connectivity index (χ2v) is 5.02. The Morgan fingerprint density at radius 2 is 2.29 bits per heavy atom. The molecule has 0 amide bonds. The molecule has 3 aromatic rings. The molecule has 0 spiro atoms. The Hall–Kier alpha value is -1.73. The Morgan fingerprint density at radius 1 is 1.35 bits per heavy atom. The molecule has 3 N–H and O–H groups in total. The minimum absolute atomic E-state index is 0.292. The van der Waals surface area contributed by atoms with Gasteiger partial charge in [0.15, 0.2) is 0 Å². The predicted octanol–water partition coefficient (Wildman–Crippen LogP) is 2.34. The Bertz CT molecular complexity index is 631. The van der Waals surface area contributed by atoms with Crippen LogP contribution in [0.25, 0.3) is 10.2 Å². The van der Waals surface area contributed by atoms with Crippen molar-refractivity contribution in [3.63, 3.8) is 0 Å². The number of aromatic nitrogens is 3. The van der Waals surface area contributed by atoms with E-state index in [1.807, 2.05) is 22.3 Å². The Morgan fingerprint density at radius 3 is 3.12 bits per heavy atom. The maximum absolute atomic E-state index is 5.66. The first-order valence-corrected chi connectivity index (χ1v) is 6.77. The fourth-order valence-electron chi connectivity index (χ4n) is 1.51. The Balaban J connectivity index is 1.91. The maximum atomic E-state index is 5.66. The van der Waals surface area contributed by atoms with Gasteiger partial charge in [0.1, 0.15) is 10.6 Å². The fourth-order valence-corrected chi connectivity index (χ4v) is 2.84. The van der Waals surface area contributed by atoms with Gasteiger partial charge in [-0.15, -0.1) is 22.7 Å². The molecule has 3 aromatic heterocycles. The van der Waals surface area contributed by atoms with Gasteiger partial charge in [-0.25, -0.2) is 9.97 Å². The number of nitrogens with one attached hydrogen (secondary N) is 1. The summed E-state index contributed by atoms with van der Waals surface area (Å²) in [5, 5.41) is 8.22. The number of hydrogen-bond acceptors (Lipinski definition) is 7. The van der Waals surface area contributed by atoms with Crippen LogP contribution in [-0.2, 0) is 6.54 Å². The van der Waals surface area contributed by atoms with E-state index >= 15 is 0 Å². The molecule has 0 saturated heterocycles. The van der Waals surface area contributed by atoms with Crippen molar-refractivity contribution in [2.45, 2.75) is 6.54 Å². The number of rotatable bonds is 3. The average molecular weight is 263 g/mol. The third-order valence-corrected chi connectivity index (χ3v) is 3.70. The molecule has 0 bridgehead atoms. The second kappa shape index (κ2) is 4.27. The first-order chi connectivity index (χ1) is 8.33. The van der Waals surface area contributed by atoms with Crippen LogP contribution in [0.5, 0.6) is 0 Å². The van der Waals surface area contributed by atoms with E-state index in [0.29, 0.717) is 12.5 Å². The highest BCUT2D eigenvalue weighted by molar-refractivity contribution is 7.16. The quantitative estimate of drug-likeness (QED) is 0.758. The zero-order valence-electron chi connectivity index (χ0n) is 8.75. The van der Waals surface area contributed by atoms with Gasteiger partial charge in [0.2, 0.25) is 5.95 Å². The number of anilines is 2. The summed E-state index contributed by atoms with van der Waals surface area (Å²) in [5.41, 5.74) is 8.47. The number of thiazole rings is 1. The van der Waals surface area contributed by atoms with Gasteiger partial charge < -0.3 is 11.1 Å². The summed E-state index contributed by atoms with van der Waals surface area (Å²) in [7, 11) is 0. The smallest absolute Gasteiger partial charge is 0.223 e. The summed E-state index contributed by atoms with van der Waals surface area (Å²) in [6.45, 7) is 0.644. The molecule has 7 heteroatoms. The molecule has 86 valence electrons. The normalized spacial score (nSPS) is 10.8. The first kappa shape index (κ1) is 10.4. The van der Waals surface area contributed by atoms with Crippen molar-refractivity contribution in [3.05, 3.63) is 28.0 Å². The highest BCUT2D eigenvalue weighted by Crippen LogP contribution is 2.25. The number of hydrogen-bond donors (Lipinski definition) is 2. The monoisotopic (exact) mass is 263 g/mol. The second-order valence-electron chi connectivity index (χ2n) is 3.40. The summed E-state index contributed by atoms with van der Waals surface area (Å²) in [4.78, 5) is 13.5. The molecular formula is C10H9N5S2. The summed E-state index contributed by atoms with van der Waals surface area (Å²) in [5.74, 6) is 1.06. The van der Waals surface area contributed by atoms with Crippen LogP contribution in [0.3, 0.4) is 0 Å². The van der Waals surface area contributed by atoms with Crippen LogP contribution in [-0.4, -0.2) is 15.0 Å². The number of fused-ring (bicyclic) bond motifs is 1. The zero-order chi connectivity index (χ0) is 11.7. The summed E-state index contributed by atoms with van der Waals surface area (Å²) in [6, 6.07) is 1.99. The van der Waals surface area contributed by atoms with Crippen LogP contribution < -0.4 is 11.1 Å². The van der Waals surface area contributed by atoms with Crippen LogP contribution in [0, 0.1) is 0 Å². The fraction of sp³-hybridized carbons (Fsp3) is 0.100. The first-order valence-electron chi connectivity index (χ1n) is 4.94. The van der Waals surface area contributed by atoms with E-state index in [1.165, 1.54) is 0 Å². The Kier molecular flexibility index (Phi) is 2.62. The van der Waals surface area contributed by atoms with Crippen molar-refractivity contribution in [1.29, 1.82) is 0 Å². The lowest BCUT2D eigenvalue weighted by Crippen LogP contribution is -2.04. The van der Waals surface area contributed by atoms with E-state index in [0.717, 1.165) is 21.7 Å². The Labute approximate surface area is 105 Å². The highest BCUT2D eigenvalue weighted by Gasteiger charge is 2.07. The average Bonchev–Trinajstić information content (AvgIpc) is 2.95. The lowest BCUT2D eigenvalue weighted by Gasteiger charge is -2.05. The SMILES string of the molecule is Nc1nc(NCc2cscn2)c2ccsc2n1. The van der Waals surface area contributed by atoms with Crippen molar-refractivity contribution < 1.29 is 0 Å². The maximum Gasteiger partial charge on any atom is 0.223 e.